The molecule has 0 amide bonds. The third kappa shape index (κ3) is 1.73. The zero-order valence-electron chi connectivity index (χ0n) is 9.39. The number of carbonyl (C=O) groups excluding carboxylic acids is 1. The number of rotatable bonds is 2. The molecule has 3 rings (SSSR count). The maximum atomic E-state index is 13.6. The van der Waals surface area contributed by atoms with Crippen molar-refractivity contribution in [3.63, 3.8) is 0 Å². The lowest BCUT2D eigenvalue weighted by molar-refractivity contribution is 0.112. The first-order valence-corrected chi connectivity index (χ1v) is 6.34. The van der Waals surface area contributed by atoms with E-state index in [1.807, 2.05) is 30.3 Å². The molecule has 1 nitrogen and oxygen atoms in total. The standard InChI is InChI=1S/C15H9FOS/c16-13-6-3-5-11(12(13)9-17)15-8-10-4-1-2-7-14(10)18-15/h1-9H. The fourth-order valence-corrected chi connectivity index (χ4v) is 3.09. The van der Waals surface area contributed by atoms with Crippen molar-refractivity contribution in [2.45, 2.75) is 0 Å². The van der Waals surface area contributed by atoms with Crippen LogP contribution in [0.2, 0.25) is 0 Å². The number of halogens is 1. The van der Waals surface area contributed by atoms with Gasteiger partial charge in [0.1, 0.15) is 5.82 Å². The van der Waals surface area contributed by atoms with Crippen molar-refractivity contribution < 1.29 is 9.18 Å². The molecule has 0 spiro atoms. The first kappa shape index (κ1) is 11.1. The quantitative estimate of drug-likeness (QED) is 0.616. The van der Waals surface area contributed by atoms with Crippen LogP contribution >= 0.6 is 11.3 Å². The maximum absolute atomic E-state index is 13.6. The Morgan fingerprint density at radius 1 is 1.06 bits per heavy atom. The van der Waals surface area contributed by atoms with Gasteiger partial charge in [0.25, 0.3) is 0 Å². The maximum Gasteiger partial charge on any atom is 0.153 e. The van der Waals surface area contributed by atoms with Crippen molar-refractivity contribution in [1.29, 1.82) is 0 Å². The SMILES string of the molecule is O=Cc1c(F)cccc1-c1cc2ccccc2s1. The predicted molar refractivity (Wildman–Crippen MR) is 72.6 cm³/mol. The smallest absolute Gasteiger partial charge is 0.153 e. The van der Waals surface area contributed by atoms with E-state index < -0.39 is 5.82 Å². The molecule has 0 aliphatic heterocycles. The summed E-state index contributed by atoms with van der Waals surface area (Å²) in [5, 5.41) is 1.11. The summed E-state index contributed by atoms with van der Waals surface area (Å²) in [5.41, 5.74) is 0.787. The van der Waals surface area contributed by atoms with Crippen LogP contribution in [0.3, 0.4) is 0 Å². The molecule has 2 aromatic carbocycles. The molecular weight excluding hydrogens is 247 g/mol. The van der Waals surface area contributed by atoms with Crippen molar-refractivity contribution in [3.8, 4) is 10.4 Å². The molecule has 0 atom stereocenters. The van der Waals surface area contributed by atoms with Gasteiger partial charge in [-0.1, -0.05) is 30.3 Å². The van der Waals surface area contributed by atoms with Crippen molar-refractivity contribution >= 4 is 27.7 Å². The molecule has 0 saturated carbocycles. The zero-order valence-corrected chi connectivity index (χ0v) is 10.2. The number of hydrogen-bond donors (Lipinski definition) is 0. The van der Waals surface area contributed by atoms with E-state index in [4.69, 9.17) is 0 Å². The summed E-state index contributed by atoms with van der Waals surface area (Å²) in [4.78, 5) is 11.9. The Bertz CT molecular complexity index is 697. The van der Waals surface area contributed by atoms with Gasteiger partial charge in [-0.05, 0) is 23.6 Å². The number of hydrogen-bond acceptors (Lipinski definition) is 2. The Morgan fingerprint density at radius 2 is 1.89 bits per heavy atom. The molecule has 0 unspecified atom stereocenters. The van der Waals surface area contributed by atoms with Crippen molar-refractivity contribution in [2.75, 3.05) is 0 Å². The minimum atomic E-state index is -0.472. The van der Waals surface area contributed by atoms with Gasteiger partial charge in [-0.3, -0.25) is 4.79 Å². The molecule has 0 radical (unpaired) electrons. The highest BCUT2D eigenvalue weighted by molar-refractivity contribution is 7.22. The first-order chi connectivity index (χ1) is 8.79. The molecule has 3 heteroatoms. The Hall–Kier alpha value is -2.00. The molecule has 0 fully saturated rings. The van der Waals surface area contributed by atoms with Gasteiger partial charge in [0.05, 0.1) is 5.56 Å². The molecule has 1 aromatic heterocycles. The molecule has 0 aliphatic rings. The molecule has 3 aromatic rings. The fraction of sp³-hybridized carbons (Fsp3) is 0. The van der Waals surface area contributed by atoms with E-state index >= 15 is 0 Å². The van der Waals surface area contributed by atoms with Gasteiger partial charge in [-0.25, -0.2) is 4.39 Å². The number of fused-ring (bicyclic) bond motifs is 1. The van der Waals surface area contributed by atoms with Crippen LogP contribution in [0.1, 0.15) is 10.4 Å². The van der Waals surface area contributed by atoms with Gasteiger partial charge in [0.15, 0.2) is 6.29 Å². The molecule has 0 aliphatic carbocycles. The summed E-state index contributed by atoms with van der Waals surface area (Å²) in [5.74, 6) is -0.472. The van der Waals surface area contributed by atoms with Gasteiger partial charge in [0.2, 0.25) is 0 Å². The van der Waals surface area contributed by atoms with Gasteiger partial charge in [-0.2, -0.15) is 0 Å². The highest BCUT2D eigenvalue weighted by atomic mass is 32.1. The summed E-state index contributed by atoms with van der Waals surface area (Å²) < 4.78 is 14.7. The van der Waals surface area contributed by atoms with E-state index in [-0.39, 0.29) is 5.56 Å². The van der Waals surface area contributed by atoms with Gasteiger partial charge in [-0.15, -0.1) is 11.3 Å². The van der Waals surface area contributed by atoms with Crippen LogP contribution in [-0.4, -0.2) is 6.29 Å². The topological polar surface area (TPSA) is 17.1 Å². The third-order valence-electron chi connectivity index (χ3n) is 2.86. The minimum Gasteiger partial charge on any atom is -0.298 e. The second-order valence-corrected chi connectivity index (χ2v) is 5.05. The Balaban J connectivity index is 2.26. The van der Waals surface area contributed by atoms with E-state index in [0.717, 1.165) is 15.0 Å². The van der Waals surface area contributed by atoms with Crippen molar-refractivity contribution in [2.24, 2.45) is 0 Å². The van der Waals surface area contributed by atoms with Crippen molar-refractivity contribution in [1.82, 2.24) is 0 Å². The Morgan fingerprint density at radius 3 is 2.67 bits per heavy atom. The van der Waals surface area contributed by atoms with E-state index in [2.05, 4.69) is 0 Å². The highest BCUT2D eigenvalue weighted by Gasteiger charge is 2.11. The second kappa shape index (κ2) is 4.35. The summed E-state index contributed by atoms with van der Waals surface area (Å²) >= 11 is 1.56. The number of carbonyl (C=O) groups is 1. The predicted octanol–water partition coefficient (Wildman–Crippen LogP) is 4.52. The molecule has 88 valence electrons. The molecule has 0 bridgehead atoms. The minimum absolute atomic E-state index is 0.129. The lowest BCUT2D eigenvalue weighted by atomic mass is 10.1. The lowest BCUT2D eigenvalue weighted by Gasteiger charge is -2.02. The monoisotopic (exact) mass is 256 g/mol. The first-order valence-electron chi connectivity index (χ1n) is 5.52. The van der Waals surface area contributed by atoms with Crippen LogP contribution in [0.25, 0.3) is 20.5 Å². The van der Waals surface area contributed by atoms with Crippen molar-refractivity contribution in [3.05, 3.63) is 59.9 Å². The van der Waals surface area contributed by atoms with E-state index in [0.29, 0.717) is 11.8 Å². The molecule has 18 heavy (non-hydrogen) atoms. The van der Waals surface area contributed by atoms with Gasteiger partial charge >= 0.3 is 0 Å². The fourth-order valence-electron chi connectivity index (χ4n) is 1.99. The van der Waals surface area contributed by atoms with Gasteiger partial charge in [0, 0.05) is 15.1 Å². The Labute approximate surface area is 108 Å². The molecular formula is C15H9FOS. The summed E-state index contributed by atoms with van der Waals surface area (Å²) in [6, 6.07) is 14.7. The number of thiophene rings is 1. The van der Waals surface area contributed by atoms with Crippen LogP contribution in [0.5, 0.6) is 0 Å². The lowest BCUT2D eigenvalue weighted by Crippen LogP contribution is -1.90. The highest BCUT2D eigenvalue weighted by Crippen LogP contribution is 2.35. The van der Waals surface area contributed by atoms with Crippen LogP contribution < -0.4 is 0 Å². The zero-order chi connectivity index (χ0) is 12.5. The van der Waals surface area contributed by atoms with Crippen LogP contribution in [0.15, 0.2) is 48.5 Å². The average Bonchev–Trinajstić information content (AvgIpc) is 2.82. The molecule has 0 saturated heterocycles. The molecule has 0 N–H and O–H groups in total. The van der Waals surface area contributed by atoms with Gasteiger partial charge < -0.3 is 0 Å². The Kier molecular flexibility index (Phi) is 2.68. The average molecular weight is 256 g/mol. The second-order valence-electron chi connectivity index (χ2n) is 3.97. The molecule has 1 heterocycles. The van der Waals surface area contributed by atoms with E-state index in [9.17, 15) is 9.18 Å². The summed E-state index contributed by atoms with van der Waals surface area (Å²) in [6.45, 7) is 0. The van der Waals surface area contributed by atoms with Crippen LogP contribution in [-0.2, 0) is 0 Å². The third-order valence-corrected chi connectivity index (χ3v) is 4.01. The summed E-state index contributed by atoms with van der Waals surface area (Å²) in [7, 11) is 0. The normalized spacial score (nSPS) is 10.7. The number of benzene rings is 2. The van der Waals surface area contributed by atoms with Crippen LogP contribution in [0, 0.1) is 5.82 Å². The largest absolute Gasteiger partial charge is 0.298 e. The van der Waals surface area contributed by atoms with Crippen LogP contribution in [0.4, 0.5) is 4.39 Å². The van der Waals surface area contributed by atoms with E-state index in [1.54, 1.807) is 23.5 Å². The summed E-state index contributed by atoms with van der Waals surface area (Å²) in [6.07, 6.45) is 0.578. The van der Waals surface area contributed by atoms with E-state index in [1.165, 1.54) is 6.07 Å². The number of aldehydes is 1.